The Labute approximate surface area is 158 Å². The van der Waals surface area contributed by atoms with E-state index in [0.717, 1.165) is 25.9 Å². The molecule has 1 aromatic carbocycles. The molecule has 1 saturated heterocycles. The summed E-state index contributed by atoms with van der Waals surface area (Å²) >= 11 is 12.3. The van der Waals surface area contributed by atoms with Gasteiger partial charge < -0.3 is 10.1 Å². The van der Waals surface area contributed by atoms with Gasteiger partial charge >= 0.3 is 0 Å². The Hall–Kier alpha value is -0.370. The number of ether oxygens (including phenoxy) is 1. The van der Waals surface area contributed by atoms with Gasteiger partial charge in [-0.15, -0.1) is 0 Å². The lowest BCUT2D eigenvalue weighted by atomic mass is 9.77. The molecule has 1 heterocycles. The van der Waals surface area contributed by atoms with Crippen LogP contribution in [-0.4, -0.2) is 45.0 Å². The molecular formula is C17H23Cl2NO4S. The Kier molecular flexibility index (Phi) is 5.42. The van der Waals surface area contributed by atoms with E-state index in [2.05, 4.69) is 5.32 Å². The summed E-state index contributed by atoms with van der Waals surface area (Å²) in [6, 6.07) is 5.81. The lowest BCUT2D eigenvalue weighted by molar-refractivity contribution is 0.0150. The minimum Gasteiger partial charge on any atom is -0.381 e. The first kappa shape index (κ1) is 19.4. The molecule has 8 heteroatoms. The van der Waals surface area contributed by atoms with E-state index in [-0.39, 0.29) is 22.7 Å². The zero-order chi connectivity index (χ0) is 18.3. The fourth-order valence-electron chi connectivity index (χ4n) is 4.61. The highest BCUT2D eigenvalue weighted by atomic mass is 35.5. The maximum absolute atomic E-state index is 11.0. The summed E-state index contributed by atoms with van der Waals surface area (Å²) < 4.78 is 36.7. The van der Waals surface area contributed by atoms with Crippen molar-refractivity contribution in [3.05, 3.63) is 33.8 Å². The number of piperidine rings is 1. The number of fused-ring (bicyclic) bond motifs is 1. The van der Waals surface area contributed by atoms with Crippen molar-refractivity contribution in [1.82, 2.24) is 5.32 Å². The van der Waals surface area contributed by atoms with Crippen LogP contribution in [-0.2, 0) is 20.3 Å². The first-order valence-electron chi connectivity index (χ1n) is 8.38. The largest absolute Gasteiger partial charge is 0.381 e. The molecule has 1 aliphatic heterocycles. The smallest absolute Gasteiger partial charge is 0.264 e. The van der Waals surface area contributed by atoms with Gasteiger partial charge in [-0.3, -0.25) is 4.55 Å². The van der Waals surface area contributed by atoms with Crippen LogP contribution in [0.4, 0.5) is 0 Å². The van der Waals surface area contributed by atoms with E-state index < -0.39 is 10.1 Å². The third kappa shape index (κ3) is 3.57. The van der Waals surface area contributed by atoms with E-state index in [1.807, 2.05) is 18.2 Å². The number of hydrogen-bond acceptors (Lipinski definition) is 4. The Morgan fingerprint density at radius 3 is 2.76 bits per heavy atom. The van der Waals surface area contributed by atoms with E-state index in [4.69, 9.17) is 32.5 Å². The topological polar surface area (TPSA) is 75.6 Å². The molecule has 3 rings (SSSR count). The molecule has 0 aromatic heterocycles. The lowest BCUT2D eigenvalue weighted by Crippen LogP contribution is -2.45. The number of halogens is 2. The van der Waals surface area contributed by atoms with Crippen molar-refractivity contribution in [2.45, 2.75) is 37.2 Å². The Balaban J connectivity index is 1.84. The Bertz CT molecular complexity index is 757. The maximum Gasteiger partial charge on any atom is 0.264 e. The number of benzene rings is 1. The molecule has 25 heavy (non-hydrogen) atoms. The Morgan fingerprint density at radius 2 is 2.12 bits per heavy atom. The molecule has 3 atom stereocenters. The van der Waals surface area contributed by atoms with Crippen molar-refractivity contribution in [2.75, 3.05) is 26.0 Å². The summed E-state index contributed by atoms with van der Waals surface area (Å²) in [5, 5.41) is 4.54. The van der Waals surface area contributed by atoms with Crippen LogP contribution in [0.2, 0.25) is 10.0 Å². The van der Waals surface area contributed by atoms with Gasteiger partial charge in [-0.05, 0) is 49.9 Å². The average molecular weight is 408 g/mol. The van der Waals surface area contributed by atoms with E-state index in [1.165, 1.54) is 5.56 Å². The van der Waals surface area contributed by atoms with Crippen LogP contribution in [0.3, 0.4) is 0 Å². The van der Waals surface area contributed by atoms with Crippen LogP contribution in [0.15, 0.2) is 18.2 Å². The quantitative estimate of drug-likeness (QED) is 0.678. The lowest BCUT2D eigenvalue weighted by Gasteiger charge is -2.37. The predicted octanol–water partition coefficient (Wildman–Crippen LogP) is 3.30. The van der Waals surface area contributed by atoms with Gasteiger partial charge in [0.05, 0.1) is 21.9 Å². The minimum absolute atomic E-state index is 0.0226. The molecular weight excluding hydrogens is 385 g/mol. The number of hydrogen-bond donors (Lipinski definition) is 2. The van der Waals surface area contributed by atoms with Gasteiger partial charge in [0.2, 0.25) is 0 Å². The molecule has 1 saturated carbocycles. The first-order valence-corrected chi connectivity index (χ1v) is 10.7. The van der Waals surface area contributed by atoms with Gasteiger partial charge in [-0.1, -0.05) is 29.3 Å². The SMILES string of the molecule is COC(CCCS(=O)(=O)O)C12CNCCC1(c1ccc(Cl)c(Cl)c1)C2. The van der Waals surface area contributed by atoms with Gasteiger partial charge in [0.1, 0.15) is 0 Å². The zero-order valence-electron chi connectivity index (χ0n) is 14.1. The summed E-state index contributed by atoms with van der Waals surface area (Å²) in [4.78, 5) is 0. The number of methoxy groups -OCH3 is 1. The maximum atomic E-state index is 11.0. The molecule has 0 bridgehead atoms. The van der Waals surface area contributed by atoms with Gasteiger partial charge in [-0.25, -0.2) is 0 Å². The summed E-state index contributed by atoms with van der Waals surface area (Å²) in [5.74, 6) is -0.240. The summed E-state index contributed by atoms with van der Waals surface area (Å²) in [6.07, 6.45) is 2.81. The summed E-state index contributed by atoms with van der Waals surface area (Å²) in [7, 11) is -2.28. The average Bonchev–Trinajstić information content (AvgIpc) is 3.24. The standard InChI is InChI=1S/C17H23Cl2NO4S/c1-24-15(3-2-8-25(21,22)23)17-10-16(17,6-7-20-11-17)12-4-5-13(18)14(19)9-12/h4-5,9,15,20H,2-3,6-8,10-11H2,1H3,(H,21,22,23). The predicted molar refractivity (Wildman–Crippen MR) is 99.1 cm³/mol. The van der Waals surface area contributed by atoms with E-state index in [0.29, 0.717) is 22.9 Å². The van der Waals surface area contributed by atoms with Crippen LogP contribution < -0.4 is 5.32 Å². The Morgan fingerprint density at radius 1 is 1.36 bits per heavy atom. The van der Waals surface area contributed by atoms with Crippen molar-refractivity contribution in [1.29, 1.82) is 0 Å². The molecule has 5 nitrogen and oxygen atoms in total. The number of rotatable bonds is 7. The third-order valence-corrected chi connectivity index (χ3v) is 7.40. The fourth-order valence-corrected chi connectivity index (χ4v) is 5.44. The molecule has 1 aliphatic carbocycles. The van der Waals surface area contributed by atoms with Crippen LogP contribution in [0.5, 0.6) is 0 Å². The van der Waals surface area contributed by atoms with Gasteiger partial charge in [0.15, 0.2) is 0 Å². The van der Waals surface area contributed by atoms with Crippen molar-refractivity contribution >= 4 is 33.3 Å². The van der Waals surface area contributed by atoms with Crippen LogP contribution in [0, 0.1) is 5.41 Å². The first-order chi connectivity index (χ1) is 11.7. The molecule has 3 unspecified atom stereocenters. The second-order valence-corrected chi connectivity index (χ2v) is 9.51. The van der Waals surface area contributed by atoms with Crippen molar-refractivity contribution in [3.63, 3.8) is 0 Å². The van der Waals surface area contributed by atoms with E-state index >= 15 is 0 Å². The molecule has 140 valence electrons. The molecule has 2 aliphatic rings. The monoisotopic (exact) mass is 407 g/mol. The number of nitrogens with one attached hydrogen (secondary N) is 1. The van der Waals surface area contributed by atoms with Crippen LogP contribution in [0.25, 0.3) is 0 Å². The molecule has 2 fully saturated rings. The van der Waals surface area contributed by atoms with E-state index in [1.54, 1.807) is 7.11 Å². The highest BCUT2D eigenvalue weighted by Crippen LogP contribution is 2.70. The minimum atomic E-state index is -3.95. The van der Waals surface area contributed by atoms with Gasteiger partial charge in [0.25, 0.3) is 10.1 Å². The van der Waals surface area contributed by atoms with Crippen molar-refractivity contribution in [2.24, 2.45) is 5.41 Å². The molecule has 1 aromatic rings. The summed E-state index contributed by atoms with van der Waals surface area (Å²) in [5.41, 5.74) is 1.06. The molecule has 0 spiro atoms. The van der Waals surface area contributed by atoms with Gasteiger partial charge in [-0.2, -0.15) is 8.42 Å². The normalized spacial score (nSPS) is 29.9. The summed E-state index contributed by atoms with van der Waals surface area (Å²) in [6.45, 7) is 1.74. The third-order valence-electron chi connectivity index (χ3n) is 5.86. The molecule has 2 N–H and O–H groups in total. The van der Waals surface area contributed by atoms with Crippen LogP contribution >= 0.6 is 23.2 Å². The van der Waals surface area contributed by atoms with E-state index in [9.17, 15) is 8.42 Å². The second kappa shape index (κ2) is 6.98. The van der Waals surface area contributed by atoms with Crippen molar-refractivity contribution in [3.8, 4) is 0 Å². The zero-order valence-corrected chi connectivity index (χ0v) is 16.4. The highest BCUT2D eigenvalue weighted by Gasteiger charge is 2.71. The molecule has 0 radical (unpaired) electrons. The van der Waals surface area contributed by atoms with Gasteiger partial charge in [0, 0.05) is 24.5 Å². The second-order valence-electron chi connectivity index (χ2n) is 7.12. The fraction of sp³-hybridized carbons (Fsp3) is 0.647. The van der Waals surface area contributed by atoms with Crippen LogP contribution in [0.1, 0.15) is 31.2 Å². The molecule has 0 amide bonds. The van der Waals surface area contributed by atoms with Crippen molar-refractivity contribution < 1.29 is 17.7 Å². The highest BCUT2D eigenvalue weighted by molar-refractivity contribution is 7.85.